The van der Waals surface area contributed by atoms with Crippen molar-refractivity contribution in [2.45, 2.75) is 77.7 Å². The Morgan fingerprint density at radius 3 is 2.10 bits per heavy atom. The number of allylic oxidation sites excluding steroid dienone is 1. The molecule has 30 heavy (non-hydrogen) atoms. The fourth-order valence-electron chi connectivity index (χ4n) is 3.44. The number of pyridine rings is 1. The number of aryl methyl sites for hydroxylation is 1. The zero-order chi connectivity index (χ0) is 20.7. The lowest BCUT2D eigenvalue weighted by molar-refractivity contribution is -0.697. The van der Waals surface area contributed by atoms with Crippen LogP contribution in [0.4, 0.5) is 0 Å². The molecule has 1 aromatic heterocycles. The zero-order valence-corrected chi connectivity index (χ0v) is 19.8. The van der Waals surface area contributed by atoms with Crippen molar-refractivity contribution in [2.24, 2.45) is 0 Å². The topological polar surface area (TPSA) is 41.2 Å². The van der Waals surface area contributed by atoms with Crippen molar-refractivity contribution in [3.63, 3.8) is 0 Å². The number of halogens is 1. The molecule has 0 fully saturated rings. The molecule has 0 aliphatic rings. The van der Waals surface area contributed by atoms with Crippen molar-refractivity contribution >= 4 is 11.9 Å². The van der Waals surface area contributed by atoms with Crippen LogP contribution in [0.25, 0.3) is 6.08 Å². The second-order valence-electron chi connectivity index (χ2n) is 7.80. The molecule has 0 saturated carbocycles. The van der Waals surface area contributed by atoms with E-state index in [9.17, 15) is 9.90 Å². The fourth-order valence-corrected chi connectivity index (χ4v) is 3.44. The molecule has 4 heteroatoms. The van der Waals surface area contributed by atoms with E-state index in [0.29, 0.717) is 5.56 Å². The highest BCUT2D eigenvalue weighted by molar-refractivity contribution is 6.06. The van der Waals surface area contributed by atoms with Gasteiger partial charge in [0.25, 0.3) is 0 Å². The first-order valence-corrected chi connectivity index (χ1v) is 11.2. The average molecular weight is 474 g/mol. The van der Waals surface area contributed by atoms with Crippen LogP contribution in [0.15, 0.2) is 54.9 Å². The number of nitrogens with zero attached hydrogens (tertiary/aromatic N) is 1. The van der Waals surface area contributed by atoms with Crippen LogP contribution in [0.5, 0.6) is 5.75 Å². The Hall–Kier alpha value is -1.94. The molecule has 2 rings (SSSR count). The van der Waals surface area contributed by atoms with Gasteiger partial charge in [-0.2, -0.15) is 0 Å². The minimum absolute atomic E-state index is 0. The summed E-state index contributed by atoms with van der Waals surface area (Å²) in [5.74, 6) is -0.0000280. The number of carbonyl (C=O) groups is 1. The van der Waals surface area contributed by atoms with Gasteiger partial charge < -0.3 is 22.1 Å². The molecule has 0 saturated heterocycles. The quantitative estimate of drug-likeness (QED) is 0.197. The molecular formula is C26H36BrNO2. The summed E-state index contributed by atoms with van der Waals surface area (Å²) < 4.78 is 2.21. The van der Waals surface area contributed by atoms with Gasteiger partial charge in [0.2, 0.25) is 0 Å². The van der Waals surface area contributed by atoms with Gasteiger partial charge in [-0.25, -0.2) is 4.57 Å². The van der Waals surface area contributed by atoms with Gasteiger partial charge in [0.1, 0.15) is 12.3 Å². The smallest absolute Gasteiger partial charge is 0.185 e. The Morgan fingerprint density at radius 1 is 0.900 bits per heavy atom. The molecule has 0 aliphatic heterocycles. The lowest BCUT2D eigenvalue weighted by Crippen LogP contribution is -3.00. The van der Waals surface area contributed by atoms with E-state index in [1.54, 1.807) is 24.3 Å². The molecule has 1 N–H and O–H groups in total. The van der Waals surface area contributed by atoms with E-state index >= 15 is 0 Å². The van der Waals surface area contributed by atoms with Gasteiger partial charge in [-0.15, -0.1) is 0 Å². The lowest BCUT2D eigenvalue weighted by Gasteiger charge is -2.01. The van der Waals surface area contributed by atoms with Crippen molar-refractivity contribution in [3.05, 3.63) is 66.0 Å². The Balaban J connectivity index is 0.00000450. The summed E-state index contributed by atoms with van der Waals surface area (Å²) in [7, 11) is 0. The molecule has 0 aliphatic carbocycles. The van der Waals surface area contributed by atoms with Crippen LogP contribution >= 0.6 is 0 Å². The van der Waals surface area contributed by atoms with Gasteiger partial charge in [-0.1, -0.05) is 76.5 Å². The average Bonchev–Trinajstić information content (AvgIpc) is 2.74. The molecule has 0 bridgehead atoms. The predicted octanol–water partition coefficient (Wildman–Crippen LogP) is 3.50. The van der Waals surface area contributed by atoms with Crippen LogP contribution in [-0.2, 0) is 6.54 Å². The Labute approximate surface area is 192 Å². The Morgan fingerprint density at radius 2 is 1.50 bits per heavy atom. The predicted molar refractivity (Wildman–Crippen MR) is 120 cm³/mol. The van der Waals surface area contributed by atoms with Gasteiger partial charge in [-0.3, -0.25) is 4.79 Å². The van der Waals surface area contributed by atoms with Crippen LogP contribution in [0.2, 0.25) is 0 Å². The SMILES string of the molecule is CCCCCCCCCCCC[n+]1ccc(/C=C/C(=O)c2cccc(O)c2)cc1.[Br-]. The second-order valence-corrected chi connectivity index (χ2v) is 7.80. The summed E-state index contributed by atoms with van der Waals surface area (Å²) in [5, 5.41) is 9.47. The maximum absolute atomic E-state index is 12.1. The highest BCUT2D eigenvalue weighted by atomic mass is 79.9. The summed E-state index contributed by atoms with van der Waals surface area (Å²) in [5.41, 5.74) is 1.49. The number of carbonyl (C=O) groups excluding carboxylic acids is 1. The zero-order valence-electron chi connectivity index (χ0n) is 18.2. The molecule has 3 nitrogen and oxygen atoms in total. The molecular weight excluding hydrogens is 438 g/mol. The minimum atomic E-state index is -0.108. The number of unbranched alkanes of at least 4 members (excludes halogenated alkanes) is 9. The summed E-state index contributed by atoms with van der Waals surface area (Å²) in [6.07, 6.45) is 21.1. The molecule has 0 spiro atoms. The molecule has 2 aromatic rings. The van der Waals surface area contributed by atoms with Gasteiger partial charge in [0.15, 0.2) is 18.2 Å². The first-order chi connectivity index (χ1) is 14.2. The number of phenolic OH excluding ortho intramolecular Hbond substituents is 1. The normalized spacial score (nSPS) is 10.8. The van der Waals surface area contributed by atoms with Crippen molar-refractivity contribution in [1.82, 2.24) is 0 Å². The fraction of sp³-hybridized carbons (Fsp3) is 0.462. The van der Waals surface area contributed by atoms with Crippen molar-refractivity contribution in [3.8, 4) is 5.75 Å². The van der Waals surface area contributed by atoms with E-state index in [1.165, 1.54) is 70.3 Å². The number of phenols is 1. The van der Waals surface area contributed by atoms with Crippen molar-refractivity contribution in [2.75, 3.05) is 0 Å². The molecule has 164 valence electrons. The van der Waals surface area contributed by atoms with E-state index in [1.807, 2.05) is 18.2 Å². The van der Waals surface area contributed by atoms with Crippen LogP contribution < -0.4 is 21.5 Å². The number of rotatable bonds is 14. The largest absolute Gasteiger partial charge is 1.00 e. The maximum atomic E-state index is 12.1. The molecule has 1 heterocycles. The molecule has 1 aromatic carbocycles. The van der Waals surface area contributed by atoms with E-state index < -0.39 is 0 Å². The number of benzene rings is 1. The third kappa shape index (κ3) is 10.7. The third-order valence-corrected chi connectivity index (χ3v) is 5.24. The van der Waals surface area contributed by atoms with E-state index in [2.05, 4.69) is 23.9 Å². The number of hydrogen-bond donors (Lipinski definition) is 1. The minimum Gasteiger partial charge on any atom is -1.00 e. The summed E-state index contributed by atoms with van der Waals surface area (Å²) >= 11 is 0. The van der Waals surface area contributed by atoms with Gasteiger partial charge in [0, 0.05) is 24.1 Å². The monoisotopic (exact) mass is 473 g/mol. The van der Waals surface area contributed by atoms with Crippen molar-refractivity contribution in [1.29, 1.82) is 0 Å². The van der Waals surface area contributed by atoms with Crippen LogP contribution in [0.1, 0.15) is 87.1 Å². The molecule has 0 radical (unpaired) electrons. The van der Waals surface area contributed by atoms with E-state index in [4.69, 9.17) is 0 Å². The van der Waals surface area contributed by atoms with Crippen LogP contribution in [0.3, 0.4) is 0 Å². The standard InChI is InChI=1S/C26H35NO2.BrH/c1-2-3-4-5-6-7-8-9-10-11-19-27-20-17-23(18-21-27)15-16-26(29)24-13-12-14-25(28)22-24;/h12-18,20-22H,2-11,19H2,1H3;1H/b16-15+;. The number of aromatic hydroxyl groups is 1. The Bertz CT molecular complexity index is 756. The number of hydrogen-bond acceptors (Lipinski definition) is 2. The van der Waals surface area contributed by atoms with Crippen LogP contribution in [0, 0.1) is 0 Å². The van der Waals surface area contributed by atoms with Crippen molar-refractivity contribution < 1.29 is 31.4 Å². The molecule has 0 amide bonds. The van der Waals surface area contributed by atoms with E-state index in [0.717, 1.165) is 12.1 Å². The number of ketones is 1. The maximum Gasteiger partial charge on any atom is 0.185 e. The summed E-state index contributed by atoms with van der Waals surface area (Å²) in [6.45, 7) is 3.31. The van der Waals surface area contributed by atoms with E-state index in [-0.39, 0.29) is 28.5 Å². The highest BCUT2D eigenvalue weighted by Crippen LogP contribution is 2.13. The first-order valence-electron chi connectivity index (χ1n) is 11.2. The molecule has 0 unspecified atom stereocenters. The van der Waals surface area contributed by atoms with Gasteiger partial charge in [0.05, 0.1) is 0 Å². The Kier molecular flexibility index (Phi) is 13.8. The first kappa shape index (κ1) is 26.1. The summed E-state index contributed by atoms with van der Waals surface area (Å²) in [6, 6.07) is 10.5. The number of aromatic nitrogens is 1. The lowest BCUT2D eigenvalue weighted by atomic mass is 10.1. The summed E-state index contributed by atoms with van der Waals surface area (Å²) in [4.78, 5) is 12.1. The highest BCUT2D eigenvalue weighted by Gasteiger charge is 2.03. The molecule has 0 atom stereocenters. The van der Waals surface area contributed by atoms with Crippen LogP contribution in [-0.4, -0.2) is 10.9 Å². The van der Waals surface area contributed by atoms with Gasteiger partial charge >= 0.3 is 0 Å². The van der Waals surface area contributed by atoms with Gasteiger partial charge in [-0.05, 0) is 30.2 Å². The third-order valence-electron chi connectivity index (χ3n) is 5.24. The second kappa shape index (κ2) is 15.8.